The third-order valence-corrected chi connectivity index (χ3v) is 6.77. The summed E-state index contributed by atoms with van der Waals surface area (Å²) in [5.41, 5.74) is 8.02. The molecule has 0 amide bonds. The number of rotatable bonds is 5. The molecule has 3 aromatic rings. The zero-order chi connectivity index (χ0) is 23.0. The number of benzene rings is 2. The summed E-state index contributed by atoms with van der Waals surface area (Å²) in [4.78, 5) is 16.7. The molecular formula is C24H24Cl2FN3O2. The van der Waals surface area contributed by atoms with E-state index < -0.39 is 5.82 Å². The number of aromatic nitrogens is 1. The van der Waals surface area contributed by atoms with Gasteiger partial charge in [-0.15, -0.1) is 0 Å². The molecule has 2 aromatic carbocycles. The number of phenolic OH excluding ortho intramolecular Hbond substituents is 1. The molecule has 0 atom stereocenters. The van der Waals surface area contributed by atoms with Crippen molar-refractivity contribution in [1.29, 1.82) is 0 Å². The summed E-state index contributed by atoms with van der Waals surface area (Å²) in [5.74, 6) is -0.361. The Morgan fingerprint density at radius 3 is 2.44 bits per heavy atom. The van der Waals surface area contributed by atoms with Crippen LogP contribution in [0.15, 0.2) is 30.5 Å². The van der Waals surface area contributed by atoms with Crippen LogP contribution in [-0.4, -0.2) is 28.5 Å². The molecule has 1 aliphatic carbocycles. The SMILES string of the molecule is CC(=O)c1cnc2cc(F)c(-c3cc(Cl)c(O)c(Cl)c3)cc2c1NC1CCC(CN)CC1. The Morgan fingerprint density at radius 2 is 1.84 bits per heavy atom. The normalized spacial score (nSPS) is 18.7. The van der Waals surface area contributed by atoms with Gasteiger partial charge in [-0.05, 0) is 68.8 Å². The van der Waals surface area contributed by atoms with Crippen molar-refractivity contribution in [3.63, 3.8) is 0 Å². The van der Waals surface area contributed by atoms with Gasteiger partial charge < -0.3 is 16.2 Å². The number of Topliss-reactive ketones (excluding diaryl/α,β-unsaturated/α-hetero) is 1. The summed E-state index contributed by atoms with van der Waals surface area (Å²) in [7, 11) is 0. The smallest absolute Gasteiger partial charge is 0.163 e. The van der Waals surface area contributed by atoms with E-state index >= 15 is 4.39 Å². The fraction of sp³-hybridized carbons (Fsp3) is 0.333. The summed E-state index contributed by atoms with van der Waals surface area (Å²) in [5, 5.41) is 14.1. The lowest BCUT2D eigenvalue weighted by Crippen LogP contribution is -2.29. The van der Waals surface area contributed by atoms with Crippen molar-refractivity contribution >= 4 is 45.6 Å². The number of nitrogens with zero attached hydrogens (tertiary/aromatic N) is 1. The van der Waals surface area contributed by atoms with Crippen LogP contribution in [-0.2, 0) is 0 Å². The summed E-state index contributed by atoms with van der Waals surface area (Å²) in [6.45, 7) is 2.17. The molecule has 168 valence electrons. The van der Waals surface area contributed by atoms with Crippen LogP contribution in [0.1, 0.15) is 43.0 Å². The second-order valence-electron chi connectivity index (χ2n) is 8.34. The Kier molecular flexibility index (Phi) is 6.56. The standard InChI is InChI=1S/C24H24Cl2FN3O2/c1-12(31)18-11-29-22-9-21(27)16(14-6-19(25)24(32)20(26)7-14)8-17(22)23(18)30-15-4-2-13(10-28)3-5-15/h6-9,11,13,15,32H,2-5,10,28H2,1H3,(H,29,30). The van der Waals surface area contributed by atoms with E-state index in [4.69, 9.17) is 28.9 Å². The molecular weight excluding hydrogens is 452 g/mol. The number of nitrogens with one attached hydrogen (secondary N) is 1. The predicted molar refractivity (Wildman–Crippen MR) is 127 cm³/mol. The highest BCUT2D eigenvalue weighted by atomic mass is 35.5. The first kappa shape index (κ1) is 22.8. The Morgan fingerprint density at radius 1 is 1.19 bits per heavy atom. The van der Waals surface area contributed by atoms with Crippen molar-refractivity contribution in [2.45, 2.75) is 38.6 Å². The maximum absolute atomic E-state index is 15.0. The van der Waals surface area contributed by atoms with Crippen LogP contribution in [0.25, 0.3) is 22.0 Å². The van der Waals surface area contributed by atoms with Gasteiger partial charge in [0.15, 0.2) is 11.5 Å². The number of nitrogens with two attached hydrogens (primary N) is 1. The van der Waals surface area contributed by atoms with Crippen molar-refractivity contribution in [2.75, 3.05) is 11.9 Å². The number of aromatic hydroxyl groups is 1. The molecule has 32 heavy (non-hydrogen) atoms. The monoisotopic (exact) mass is 475 g/mol. The zero-order valence-corrected chi connectivity index (χ0v) is 19.1. The molecule has 1 aliphatic rings. The Hall–Kier alpha value is -2.41. The van der Waals surface area contributed by atoms with E-state index in [9.17, 15) is 9.90 Å². The fourth-order valence-electron chi connectivity index (χ4n) is 4.32. The molecule has 0 aliphatic heterocycles. The highest BCUT2D eigenvalue weighted by Gasteiger charge is 2.23. The maximum atomic E-state index is 15.0. The number of phenols is 1. The van der Waals surface area contributed by atoms with Gasteiger partial charge in [-0.2, -0.15) is 0 Å². The number of fused-ring (bicyclic) bond motifs is 1. The molecule has 8 heteroatoms. The van der Waals surface area contributed by atoms with Crippen LogP contribution in [0.5, 0.6) is 5.75 Å². The van der Waals surface area contributed by atoms with Gasteiger partial charge in [0.25, 0.3) is 0 Å². The van der Waals surface area contributed by atoms with E-state index in [0.717, 1.165) is 25.7 Å². The van der Waals surface area contributed by atoms with E-state index in [1.807, 2.05) is 0 Å². The first-order chi connectivity index (χ1) is 15.3. The Labute approximate surface area is 195 Å². The van der Waals surface area contributed by atoms with Crippen molar-refractivity contribution in [3.8, 4) is 16.9 Å². The number of hydrogen-bond acceptors (Lipinski definition) is 5. The summed E-state index contributed by atoms with van der Waals surface area (Å²) >= 11 is 12.1. The molecule has 0 radical (unpaired) electrons. The minimum atomic E-state index is -0.507. The number of anilines is 1. The van der Waals surface area contributed by atoms with Gasteiger partial charge in [0, 0.05) is 29.3 Å². The van der Waals surface area contributed by atoms with E-state index in [0.29, 0.717) is 40.2 Å². The van der Waals surface area contributed by atoms with Gasteiger partial charge in [-0.1, -0.05) is 23.2 Å². The van der Waals surface area contributed by atoms with Gasteiger partial charge in [-0.3, -0.25) is 9.78 Å². The van der Waals surface area contributed by atoms with Gasteiger partial charge >= 0.3 is 0 Å². The largest absolute Gasteiger partial charge is 0.505 e. The molecule has 4 N–H and O–H groups in total. The number of hydrogen-bond donors (Lipinski definition) is 3. The van der Waals surface area contributed by atoms with Crippen LogP contribution >= 0.6 is 23.2 Å². The second-order valence-corrected chi connectivity index (χ2v) is 9.15. The van der Waals surface area contributed by atoms with Crippen LogP contribution in [0.2, 0.25) is 10.0 Å². The van der Waals surface area contributed by atoms with E-state index in [-0.39, 0.29) is 33.2 Å². The predicted octanol–water partition coefficient (Wildman–Crippen LogP) is 6.19. The van der Waals surface area contributed by atoms with Crippen molar-refractivity contribution in [3.05, 3.63) is 51.9 Å². The molecule has 5 nitrogen and oxygen atoms in total. The van der Waals surface area contributed by atoms with Crippen LogP contribution < -0.4 is 11.1 Å². The average molecular weight is 476 g/mol. The first-order valence-corrected chi connectivity index (χ1v) is 11.3. The highest BCUT2D eigenvalue weighted by Crippen LogP contribution is 2.39. The third-order valence-electron chi connectivity index (χ3n) is 6.19. The van der Waals surface area contributed by atoms with Gasteiger partial charge in [0.05, 0.1) is 26.8 Å². The van der Waals surface area contributed by atoms with Gasteiger partial charge in [0.2, 0.25) is 0 Å². The van der Waals surface area contributed by atoms with Crippen LogP contribution in [0.3, 0.4) is 0 Å². The van der Waals surface area contributed by atoms with Gasteiger partial charge in [0.1, 0.15) is 5.82 Å². The van der Waals surface area contributed by atoms with E-state index in [1.165, 1.54) is 31.3 Å². The van der Waals surface area contributed by atoms with E-state index in [2.05, 4.69) is 10.3 Å². The van der Waals surface area contributed by atoms with Crippen LogP contribution in [0, 0.1) is 11.7 Å². The first-order valence-electron chi connectivity index (χ1n) is 10.6. The lowest BCUT2D eigenvalue weighted by atomic mass is 9.86. The van der Waals surface area contributed by atoms with Gasteiger partial charge in [-0.25, -0.2) is 4.39 Å². The topological polar surface area (TPSA) is 88.2 Å². The highest BCUT2D eigenvalue weighted by molar-refractivity contribution is 6.37. The number of carbonyl (C=O) groups excluding carboxylic acids is 1. The van der Waals surface area contributed by atoms with Crippen molar-refractivity contribution < 1.29 is 14.3 Å². The average Bonchev–Trinajstić information content (AvgIpc) is 2.77. The number of halogens is 3. The molecule has 1 aromatic heterocycles. The lowest BCUT2D eigenvalue weighted by Gasteiger charge is -2.30. The third kappa shape index (κ3) is 4.40. The summed E-state index contributed by atoms with van der Waals surface area (Å²) in [6, 6.07) is 6.08. The van der Waals surface area contributed by atoms with E-state index in [1.54, 1.807) is 6.07 Å². The van der Waals surface area contributed by atoms with Crippen molar-refractivity contribution in [1.82, 2.24) is 4.98 Å². The quantitative estimate of drug-likeness (QED) is 0.383. The lowest BCUT2D eigenvalue weighted by molar-refractivity contribution is 0.101. The fourth-order valence-corrected chi connectivity index (χ4v) is 4.81. The molecule has 0 saturated heterocycles. The number of carbonyl (C=O) groups is 1. The van der Waals surface area contributed by atoms with Crippen molar-refractivity contribution in [2.24, 2.45) is 11.7 Å². The number of pyridine rings is 1. The minimum absolute atomic E-state index is 0.0256. The summed E-state index contributed by atoms with van der Waals surface area (Å²) in [6.07, 6.45) is 5.43. The molecule has 0 spiro atoms. The molecule has 1 fully saturated rings. The Balaban J connectivity index is 1.83. The Bertz CT molecular complexity index is 1170. The summed E-state index contributed by atoms with van der Waals surface area (Å²) < 4.78 is 15.0. The minimum Gasteiger partial charge on any atom is -0.505 e. The molecule has 1 saturated carbocycles. The molecule has 1 heterocycles. The second kappa shape index (κ2) is 9.22. The molecule has 0 unspecified atom stereocenters. The van der Waals surface area contributed by atoms with Crippen LogP contribution in [0.4, 0.5) is 10.1 Å². The molecule has 4 rings (SSSR count). The number of ketones is 1. The molecule has 0 bridgehead atoms. The maximum Gasteiger partial charge on any atom is 0.163 e. The zero-order valence-electron chi connectivity index (χ0n) is 17.6.